The Morgan fingerprint density at radius 2 is 0.935 bits per heavy atom. The molecule has 0 spiro atoms. The summed E-state index contributed by atoms with van der Waals surface area (Å²) in [6.45, 7) is 18.3. The number of aryl methyl sites for hydroxylation is 2. The Kier molecular flexibility index (Phi) is 17.1. The summed E-state index contributed by atoms with van der Waals surface area (Å²) in [6, 6.07) is 58.9. The second kappa shape index (κ2) is 22.2. The van der Waals surface area contributed by atoms with E-state index in [1.165, 1.54) is 126 Å². The molecule has 0 unspecified atom stereocenters. The zero-order valence-corrected chi connectivity index (χ0v) is 42.9. The van der Waals surface area contributed by atoms with Crippen LogP contribution in [-0.2, 0) is 44.5 Å². The Bertz CT molecular complexity index is 2480. The van der Waals surface area contributed by atoms with E-state index in [9.17, 15) is 0 Å². The fourth-order valence-corrected chi connectivity index (χ4v) is 9.89. The molecule has 1 aliphatic heterocycles. The second-order valence-electron chi connectivity index (χ2n) is 18.3. The zero-order valence-electron chi connectivity index (χ0n) is 37.9. The minimum Gasteiger partial charge on any atom is -0.184 e. The Balaban J connectivity index is 0.000000155. The molecule has 2 radical (unpaired) electrons. The quantitative estimate of drug-likeness (QED) is 0.105. The van der Waals surface area contributed by atoms with E-state index in [0.717, 1.165) is 9.52 Å². The Morgan fingerprint density at radius 1 is 0.516 bits per heavy atom. The van der Waals surface area contributed by atoms with Crippen molar-refractivity contribution in [2.75, 3.05) is 0 Å². The molecule has 318 valence electrons. The maximum Gasteiger partial charge on any atom is 0.0920 e. The number of unbranched alkanes of at least 4 members (excludes halogenated alkanes) is 2. The fourth-order valence-electron chi connectivity index (χ4n) is 8.58. The van der Waals surface area contributed by atoms with Crippen LogP contribution in [0.2, 0.25) is 0 Å². The van der Waals surface area contributed by atoms with Crippen LogP contribution in [0, 0.1) is 6.07 Å². The molecular weight excluding hydrogens is 887 g/mol. The first kappa shape index (κ1) is 47.7. The standard InChI is InChI=1S/2C23H27.C12H7Si.2ClH.Zr/c2*1-5-6-10-17-15-18-11-9-13-19(21(18)16-17)20-12-7-8-14-22(20)23(2,3)4;1-3-7-11-9(5-1)10-6-2-4-8-12(10)13-11;;;/h2*7-9,11-16H,5-6,10H2,1-4H3;1-7H;2*1H;/q3*-1;;;+2/p-2. The summed E-state index contributed by atoms with van der Waals surface area (Å²) in [7, 11) is 10.7. The normalized spacial score (nSPS) is 11.7. The summed E-state index contributed by atoms with van der Waals surface area (Å²) in [5.74, 6) is 0. The monoisotopic (exact) mass is 945 g/mol. The maximum atomic E-state index is 4.93. The average Bonchev–Trinajstić information content (AvgIpc) is 4.00. The van der Waals surface area contributed by atoms with Crippen LogP contribution in [0.3, 0.4) is 0 Å². The maximum absolute atomic E-state index is 4.93. The van der Waals surface area contributed by atoms with Crippen molar-refractivity contribution in [1.82, 2.24) is 0 Å². The number of halogens is 2. The molecule has 0 saturated heterocycles. The molecule has 8 aromatic carbocycles. The minimum absolute atomic E-state index is 0.149. The number of fused-ring (bicyclic) bond motifs is 5. The predicted octanol–water partition coefficient (Wildman–Crippen LogP) is 16.2. The van der Waals surface area contributed by atoms with E-state index in [0.29, 0.717) is 0 Å². The average molecular weight is 948 g/mol. The molecular formula is C58H61Cl2SiZr-3. The number of benzene rings is 6. The largest absolute Gasteiger partial charge is 0.184 e. The molecule has 0 aromatic heterocycles. The van der Waals surface area contributed by atoms with Gasteiger partial charge in [0.15, 0.2) is 0 Å². The van der Waals surface area contributed by atoms with Gasteiger partial charge in [0.1, 0.15) is 0 Å². The first-order valence-electron chi connectivity index (χ1n) is 22.3. The van der Waals surface area contributed by atoms with Gasteiger partial charge in [0, 0.05) is 0 Å². The summed E-state index contributed by atoms with van der Waals surface area (Å²) in [5, 5.41) is 8.36. The molecule has 0 fully saturated rings. The number of rotatable bonds is 8. The van der Waals surface area contributed by atoms with Crippen LogP contribution in [0.15, 0.2) is 152 Å². The van der Waals surface area contributed by atoms with Crippen LogP contribution in [0.1, 0.15) is 103 Å². The van der Waals surface area contributed by atoms with E-state index in [4.69, 9.17) is 17.0 Å². The first-order chi connectivity index (χ1) is 29.9. The van der Waals surface area contributed by atoms with Gasteiger partial charge in [-0.05, 0) is 45.9 Å². The van der Waals surface area contributed by atoms with E-state index >= 15 is 0 Å². The van der Waals surface area contributed by atoms with Crippen LogP contribution in [0.5, 0.6) is 0 Å². The smallest absolute Gasteiger partial charge is 0.0920 e. The van der Waals surface area contributed by atoms with E-state index in [-0.39, 0.29) is 10.8 Å². The van der Waals surface area contributed by atoms with Gasteiger partial charge in [-0.3, -0.25) is 0 Å². The molecule has 0 N–H and O–H groups in total. The predicted molar refractivity (Wildman–Crippen MR) is 272 cm³/mol. The van der Waals surface area contributed by atoms with Gasteiger partial charge in [-0.25, -0.2) is 0 Å². The van der Waals surface area contributed by atoms with Gasteiger partial charge in [0.2, 0.25) is 0 Å². The van der Waals surface area contributed by atoms with Gasteiger partial charge in [-0.1, -0.05) is 188 Å². The van der Waals surface area contributed by atoms with Gasteiger partial charge < -0.3 is 0 Å². The third-order valence-electron chi connectivity index (χ3n) is 11.6. The van der Waals surface area contributed by atoms with E-state index in [1.54, 1.807) is 0 Å². The summed E-state index contributed by atoms with van der Waals surface area (Å²) < 4.78 is 0. The van der Waals surface area contributed by atoms with Gasteiger partial charge in [-0.2, -0.15) is 41.6 Å². The van der Waals surface area contributed by atoms with Crippen molar-refractivity contribution in [1.29, 1.82) is 0 Å². The molecule has 8 aromatic rings. The van der Waals surface area contributed by atoms with Gasteiger partial charge in [0.05, 0.1) is 9.52 Å². The van der Waals surface area contributed by atoms with Crippen molar-refractivity contribution in [3.8, 4) is 33.4 Å². The molecule has 1 aliphatic rings. The molecule has 0 aliphatic carbocycles. The molecule has 0 atom stereocenters. The van der Waals surface area contributed by atoms with Crippen molar-refractivity contribution in [2.24, 2.45) is 0 Å². The molecule has 0 amide bonds. The second-order valence-corrected chi connectivity index (χ2v) is 23.4. The van der Waals surface area contributed by atoms with E-state index in [1.807, 2.05) is 6.07 Å². The third-order valence-corrected chi connectivity index (χ3v) is 13.0. The summed E-state index contributed by atoms with van der Waals surface area (Å²) in [4.78, 5) is 0. The fraction of sp³-hybridized carbons (Fsp3) is 0.276. The Hall–Kier alpha value is -3.78. The minimum atomic E-state index is -0.826. The molecule has 9 rings (SSSR count). The number of hydrogen-bond acceptors (Lipinski definition) is 0. The first-order valence-corrected chi connectivity index (χ1v) is 29.6. The van der Waals surface area contributed by atoms with Gasteiger partial charge in [-0.15, -0.1) is 74.6 Å². The summed E-state index contributed by atoms with van der Waals surface area (Å²) >= 11 is -0.826. The van der Waals surface area contributed by atoms with Crippen molar-refractivity contribution in [3.63, 3.8) is 0 Å². The van der Waals surface area contributed by atoms with Crippen LogP contribution in [0.25, 0.3) is 54.9 Å². The van der Waals surface area contributed by atoms with Gasteiger partial charge in [0.25, 0.3) is 0 Å². The molecule has 0 bridgehead atoms. The van der Waals surface area contributed by atoms with Crippen LogP contribution in [0.4, 0.5) is 0 Å². The summed E-state index contributed by atoms with van der Waals surface area (Å²) in [5.41, 5.74) is 14.3. The molecule has 0 nitrogen and oxygen atoms in total. The van der Waals surface area contributed by atoms with Crippen molar-refractivity contribution < 1.29 is 20.8 Å². The third kappa shape index (κ3) is 11.9. The van der Waals surface area contributed by atoms with E-state index in [2.05, 4.69) is 207 Å². The molecule has 62 heavy (non-hydrogen) atoms. The number of hydrogen-bond donors (Lipinski definition) is 0. The van der Waals surface area contributed by atoms with Gasteiger partial charge >= 0.3 is 37.9 Å². The zero-order chi connectivity index (χ0) is 44.3. The van der Waals surface area contributed by atoms with Crippen molar-refractivity contribution in [2.45, 2.75) is 105 Å². The van der Waals surface area contributed by atoms with Crippen LogP contribution >= 0.6 is 17.0 Å². The topological polar surface area (TPSA) is 0 Å². The molecule has 0 saturated carbocycles. The Labute approximate surface area is 394 Å². The van der Waals surface area contributed by atoms with Crippen LogP contribution in [-0.4, -0.2) is 9.52 Å². The van der Waals surface area contributed by atoms with Crippen molar-refractivity contribution in [3.05, 3.63) is 180 Å². The van der Waals surface area contributed by atoms with E-state index < -0.39 is 20.8 Å². The molecule has 1 heterocycles. The summed E-state index contributed by atoms with van der Waals surface area (Å²) in [6.07, 6.45) is 7.41. The van der Waals surface area contributed by atoms with Crippen molar-refractivity contribution >= 4 is 58.5 Å². The SMILES string of the molecule is CCCCc1cc2c(-c3ccccc3C(C)(C)C)cccc2[cH-]1.CCCCc1cc2c(-c3ccccc3C(C)(C)C)cccc2[cH-]1.[Cl][Zr][Cl].[c-]1cccc2c1[Si]c1ccccc1-2. The Morgan fingerprint density at radius 3 is 1.40 bits per heavy atom. The van der Waals surface area contributed by atoms with Crippen LogP contribution < -0.4 is 10.4 Å². The molecule has 4 heteroatoms.